The molecule has 2 aliphatic heterocycles. The normalized spacial score (nSPS) is 19.0. The second-order valence-electron chi connectivity index (χ2n) is 34.7. The van der Waals surface area contributed by atoms with E-state index < -0.39 is 84.1 Å². The lowest BCUT2D eigenvalue weighted by Gasteiger charge is -2.37. The number of unbranched alkanes of at least 4 members (excludes halogenated alkanes) is 30. The molecule has 0 aliphatic carbocycles. The molecule has 8 unspecified atom stereocenters. The Morgan fingerprint density at radius 3 is 1.05 bits per heavy atom. The minimum absolute atomic E-state index is 0.0986. The molecule has 116 heavy (non-hydrogen) atoms. The van der Waals surface area contributed by atoms with E-state index in [-0.39, 0.29) is 70.8 Å². The van der Waals surface area contributed by atoms with Gasteiger partial charge in [0.25, 0.3) is 18.1 Å². The smallest absolute Gasteiger partial charge is 0.431 e. The van der Waals surface area contributed by atoms with Gasteiger partial charge in [-0.2, -0.15) is 28.7 Å². The van der Waals surface area contributed by atoms with Gasteiger partial charge in [-0.05, 0) is 68.4 Å². The third-order valence-electron chi connectivity index (χ3n) is 23.8. The Labute approximate surface area is 695 Å². The lowest BCUT2D eigenvalue weighted by molar-refractivity contribution is -0.104. The number of aromatic nitrogens is 8. The van der Waals surface area contributed by atoms with Gasteiger partial charge in [-0.25, -0.2) is 14.8 Å². The first-order valence-electron chi connectivity index (χ1n) is 44.0. The van der Waals surface area contributed by atoms with E-state index >= 15 is 13.6 Å². The number of carbonyl (C=O) groups is 1. The molecule has 2 radical (unpaired) electrons. The van der Waals surface area contributed by atoms with Crippen LogP contribution in [-0.4, -0.2) is 99.9 Å². The largest absolute Gasteiger partial charge is 0.508 e. The fraction of sp³-hybridized carbons (Fsp3) is 0.589. The summed E-state index contributed by atoms with van der Waals surface area (Å²) in [5.41, 5.74) is 12.3. The average molecular weight is 1620 g/mol. The Morgan fingerprint density at radius 2 is 0.759 bits per heavy atom. The summed E-state index contributed by atoms with van der Waals surface area (Å²) < 4.78 is 77.6. The summed E-state index contributed by atoms with van der Waals surface area (Å²) in [4.78, 5) is 41.3. The maximum absolute atomic E-state index is 16.1. The van der Waals surface area contributed by atoms with Gasteiger partial charge in [-0.15, -0.1) is 12.8 Å². The number of hydrogen-bond acceptors (Lipinski definition) is 15. The average Bonchev–Trinajstić information content (AvgIpc) is 1.60. The van der Waals surface area contributed by atoms with Crippen molar-refractivity contribution in [2.24, 2.45) is 11.8 Å². The maximum atomic E-state index is 16.1. The standard InChI is InChI=1S/C95H132F2N10O7Si2/c1-11-15-17-19-21-23-25-27-29-31-33-35-37-39-41-49-55-79(77-65-81(106-69-100-83-85(98)102-89(96)104-87(83)106)113-94(77,13-3)67-109-115(73-51-45-43-46-52-73)75-61-57-71(58-62-75)92(5,6)7)111-91(108)112-80(56-50-42-40-38-36-34-32-30-28-26-24-22-20-18-16-12-2)78-66-82(107-70-101-84-86(99)103-90(97)105-88(84)107)114-95(78,14-4)68-110-116(74-53-47-44-48-54-74)76-63-59-72(60-64-76)93(8,9)10/h3-4,43-48,51-54,57-64,69-70,77-82H,11-12,15-42,49-50,55-56,65-68H2,1-2,5-10H3,(H2,98,102,104)(H2,99,103,105). The van der Waals surface area contributed by atoms with Crippen LogP contribution < -0.4 is 32.2 Å². The van der Waals surface area contributed by atoms with Gasteiger partial charge in [0, 0.05) is 24.7 Å². The van der Waals surface area contributed by atoms with Gasteiger partial charge in [0.15, 0.2) is 45.2 Å². The summed E-state index contributed by atoms with van der Waals surface area (Å²) in [5, 5.41) is 3.99. The molecule has 4 N–H and O–H groups in total. The molecular weight excluding hydrogens is 1490 g/mol. The molecule has 0 bridgehead atoms. The van der Waals surface area contributed by atoms with Crippen LogP contribution in [0.4, 0.5) is 25.2 Å². The lowest BCUT2D eigenvalue weighted by atomic mass is 9.81. The number of terminal acetylenes is 2. The van der Waals surface area contributed by atoms with Crippen molar-refractivity contribution in [1.29, 1.82) is 0 Å². The first kappa shape index (κ1) is 90.4. The molecule has 21 heteroatoms. The van der Waals surface area contributed by atoms with Gasteiger partial charge in [0.1, 0.15) is 24.7 Å². The quantitative estimate of drug-likeness (QED) is 0.0119. The Balaban J connectivity index is 0.984. The van der Waals surface area contributed by atoms with Gasteiger partial charge >= 0.3 is 18.3 Å². The number of fused-ring (bicyclic) bond motifs is 2. The lowest BCUT2D eigenvalue weighted by Crippen LogP contribution is -2.52. The first-order chi connectivity index (χ1) is 56.2. The molecule has 0 spiro atoms. The molecule has 17 nitrogen and oxygen atoms in total. The second kappa shape index (κ2) is 45.3. The van der Waals surface area contributed by atoms with E-state index in [2.05, 4.69) is 170 Å². The van der Waals surface area contributed by atoms with E-state index in [4.69, 9.17) is 52.1 Å². The molecule has 6 heterocycles. The van der Waals surface area contributed by atoms with Crippen molar-refractivity contribution in [1.82, 2.24) is 39.0 Å². The number of nitrogen functional groups attached to an aromatic ring is 2. The first-order valence-corrected chi connectivity index (χ1v) is 46.8. The summed E-state index contributed by atoms with van der Waals surface area (Å²) in [5.74, 6) is 4.48. The highest BCUT2D eigenvalue weighted by Crippen LogP contribution is 2.49. The fourth-order valence-corrected chi connectivity index (χ4v) is 20.9. The summed E-state index contributed by atoms with van der Waals surface area (Å²) in [6.07, 6.45) is 49.4. The number of imidazole rings is 2. The number of hydrogen-bond donors (Lipinski definition) is 2. The third-order valence-corrected chi connectivity index (χ3v) is 28.1. The van der Waals surface area contributed by atoms with Crippen LogP contribution in [0, 0.1) is 48.7 Å². The number of benzene rings is 4. The van der Waals surface area contributed by atoms with Gasteiger partial charge in [0.2, 0.25) is 0 Å². The van der Waals surface area contributed by atoms with E-state index in [1.54, 1.807) is 9.13 Å². The number of carbonyl (C=O) groups excluding carboxylic acids is 1. The van der Waals surface area contributed by atoms with Gasteiger partial charge in [-0.3, -0.25) is 9.13 Å². The number of nitrogens with zero attached hydrogens (tertiary/aromatic N) is 8. The number of anilines is 2. The number of halogens is 2. The molecule has 4 aromatic heterocycles. The summed E-state index contributed by atoms with van der Waals surface area (Å²) in [6, 6.07) is 37.5. The molecule has 10 rings (SSSR count). The summed E-state index contributed by atoms with van der Waals surface area (Å²) in [7, 11) is -4.13. The van der Waals surface area contributed by atoms with Crippen molar-refractivity contribution < 1.29 is 41.4 Å². The van der Waals surface area contributed by atoms with Crippen molar-refractivity contribution >= 4 is 78.9 Å². The van der Waals surface area contributed by atoms with E-state index in [0.29, 0.717) is 25.7 Å². The van der Waals surface area contributed by atoms with Gasteiger partial charge in [-0.1, -0.05) is 369 Å². The second-order valence-corrected chi connectivity index (χ2v) is 38.9. The van der Waals surface area contributed by atoms with Crippen molar-refractivity contribution in [2.75, 3.05) is 24.7 Å². The van der Waals surface area contributed by atoms with Crippen LogP contribution in [0.3, 0.4) is 0 Å². The van der Waals surface area contributed by atoms with Gasteiger partial charge in [0.05, 0.1) is 25.9 Å². The zero-order valence-corrected chi connectivity index (χ0v) is 72.9. The third kappa shape index (κ3) is 25.6. The minimum Gasteiger partial charge on any atom is -0.431 e. The van der Waals surface area contributed by atoms with E-state index in [1.807, 2.05) is 36.4 Å². The Morgan fingerprint density at radius 1 is 0.466 bits per heavy atom. The Kier molecular flexibility index (Phi) is 35.3. The van der Waals surface area contributed by atoms with Crippen LogP contribution in [0.5, 0.6) is 0 Å². The molecule has 626 valence electrons. The van der Waals surface area contributed by atoms with Crippen LogP contribution in [0.2, 0.25) is 0 Å². The van der Waals surface area contributed by atoms with Gasteiger partial charge < -0.3 is 39.3 Å². The summed E-state index contributed by atoms with van der Waals surface area (Å²) in [6.45, 7) is 17.5. The van der Waals surface area contributed by atoms with Crippen LogP contribution in [0.25, 0.3) is 22.3 Å². The highest BCUT2D eigenvalue weighted by molar-refractivity contribution is 6.80. The van der Waals surface area contributed by atoms with Crippen molar-refractivity contribution in [3.8, 4) is 24.7 Å². The zero-order chi connectivity index (χ0) is 82.3. The maximum Gasteiger partial charge on any atom is 0.508 e. The Bertz CT molecular complexity index is 4060. The fourth-order valence-electron chi connectivity index (χ4n) is 16.9. The summed E-state index contributed by atoms with van der Waals surface area (Å²) >= 11 is 0. The topological polar surface area (TPSA) is 212 Å². The molecule has 4 aromatic carbocycles. The molecule has 0 saturated carbocycles. The van der Waals surface area contributed by atoms with E-state index in [9.17, 15) is 0 Å². The molecule has 2 aliphatic rings. The number of ether oxygens (including phenoxy) is 4. The zero-order valence-electron chi connectivity index (χ0n) is 70.9. The predicted octanol–water partition coefficient (Wildman–Crippen LogP) is 20.4. The van der Waals surface area contributed by atoms with Crippen LogP contribution >= 0.6 is 0 Å². The van der Waals surface area contributed by atoms with Crippen LogP contribution in [-0.2, 0) is 38.6 Å². The highest BCUT2D eigenvalue weighted by atomic mass is 28.3. The van der Waals surface area contributed by atoms with Crippen LogP contribution in [0.1, 0.15) is 310 Å². The SMILES string of the molecule is C#CC1(CO[Si](c2ccccc2)c2ccc(C(C)(C)C)cc2)OC(n2cnc3c(N)nc(F)nc32)CC1C(CCCCCCCCCCCCCCCCCC)OC(=O)OC(CCCCCCCCCCCCCCCCCC)C1CC(n2cnc3c(N)nc(F)nc32)OC1(C#C)CO[Si](c1ccccc1)c1ccc(C(C)(C)C)cc1. The molecule has 2 saturated heterocycles. The molecule has 2 fully saturated rings. The number of rotatable bonds is 50. The molecule has 8 aromatic rings. The monoisotopic (exact) mass is 1620 g/mol. The highest BCUT2D eigenvalue weighted by Gasteiger charge is 2.56. The molecule has 8 atom stereocenters. The molecule has 0 amide bonds. The number of nitrogens with two attached hydrogens (primary N) is 2. The minimum atomic E-state index is -2.06. The van der Waals surface area contributed by atoms with Crippen molar-refractivity contribution in [2.45, 2.75) is 333 Å². The molecular formula is C95H132F2N10O7Si2. The van der Waals surface area contributed by atoms with Crippen LogP contribution in [0.15, 0.2) is 122 Å². The van der Waals surface area contributed by atoms with Crippen molar-refractivity contribution in [3.63, 3.8) is 0 Å². The van der Waals surface area contributed by atoms with E-state index in [0.717, 1.165) is 72.1 Å². The predicted molar refractivity (Wildman–Crippen MR) is 468 cm³/mol. The Hall–Kier alpha value is -7.90. The van der Waals surface area contributed by atoms with E-state index in [1.165, 1.54) is 165 Å². The van der Waals surface area contributed by atoms with Crippen molar-refractivity contribution in [3.05, 3.63) is 145 Å².